The van der Waals surface area contributed by atoms with Crippen molar-refractivity contribution in [3.63, 3.8) is 0 Å². The number of benzene rings is 3. The fourth-order valence-electron chi connectivity index (χ4n) is 4.11. The Balaban J connectivity index is 1.31. The molecule has 4 rings (SSSR count). The van der Waals surface area contributed by atoms with E-state index < -0.39 is 0 Å². The highest BCUT2D eigenvalue weighted by atomic mass is 16.6. The number of hydrogen-bond donors (Lipinski definition) is 1. The van der Waals surface area contributed by atoms with Gasteiger partial charge in [0.1, 0.15) is 5.69 Å². The summed E-state index contributed by atoms with van der Waals surface area (Å²) in [7, 11) is 0. The van der Waals surface area contributed by atoms with E-state index in [1.807, 2.05) is 23.1 Å². The molecule has 34 heavy (non-hydrogen) atoms. The van der Waals surface area contributed by atoms with E-state index in [0.29, 0.717) is 61.6 Å². The third kappa shape index (κ3) is 5.47. The second kappa shape index (κ2) is 10.7. The monoisotopic (exact) mass is 458 g/mol. The van der Waals surface area contributed by atoms with Crippen LogP contribution in [0.4, 0.5) is 17.1 Å². The van der Waals surface area contributed by atoms with Gasteiger partial charge in [0.2, 0.25) is 5.91 Å². The average Bonchev–Trinajstić information content (AvgIpc) is 2.88. The van der Waals surface area contributed by atoms with Crippen LogP contribution >= 0.6 is 0 Å². The SMILES string of the molecule is O=C(CCN1CCN(c2ccccc2[N+](=O)[O-])CC1)Nc1ccccc1C(=O)c1ccccc1. The Kier molecular flexibility index (Phi) is 7.29. The molecule has 0 radical (unpaired) electrons. The van der Waals surface area contributed by atoms with Gasteiger partial charge < -0.3 is 10.2 Å². The Labute approximate surface area is 198 Å². The molecule has 1 fully saturated rings. The van der Waals surface area contributed by atoms with Crippen molar-refractivity contribution in [2.24, 2.45) is 0 Å². The third-order valence-electron chi connectivity index (χ3n) is 5.93. The quantitative estimate of drug-likeness (QED) is 0.312. The van der Waals surface area contributed by atoms with Crippen LogP contribution in [0.5, 0.6) is 0 Å². The van der Waals surface area contributed by atoms with Gasteiger partial charge in [-0.25, -0.2) is 0 Å². The summed E-state index contributed by atoms with van der Waals surface area (Å²) in [5.74, 6) is -0.294. The van der Waals surface area contributed by atoms with Crippen LogP contribution in [-0.2, 0) is 4.79 Å². The van der Waals surface area contributed by atoms with E-state index in [0.717, 1.165) is 0 Å². The van der Waals surface area contributed by atoms with E-state index in [2.05, 4.69) is 10.2 Å². The van der Waals surface area contributed by atoms with Crippen molar-refractivity contribution in [2.75, 3.05) is 42.9 Å². The lowest BCUT2D eigenvalue weighted by atomic mass is 10.0. The molecule has 0 unspecified atom stereocenters. The standard InChI is InChI=1S/C26H26N4O4/c31-25(27-22-11-5-4-10-21(22)26(32)20-8-2-1-3-9-20)14-15-28-16-18-29(19-17-28)23-12-6-7-13-24(23)30(33)34/h1-13H,14-19H2,(H,27,31). The molecule has 174 valence electrons. The number of nitrogens with one attached hydrogen (secondary N) is 1. The molecule has 1 heterocycles. The molecule has 1 amide bonds. The molecule has 0 saturated carbocycles. The van der Waals surface area contributed by atoms with Gasteiger partial charge in [-0.05, 0) is 18.2 Å². The second-order valence-corrected chi connectivity index (χ2v) is 8.11. The molecule has 3 aromatic carbocycles. The van der Waals surface area contributed by atoms with Crippen molar-refractivity contribution < 1.29 is 14.5 Å². The molecular formula is C26H26N4O4. The summed E-state index contributed by atoms with van der Waals surface area (Å²) >= 11 is 0. The van der Waals surface area contributed by atoms with Gasteiger partial charge in [-0.2, -0.15) is 0 Å². The Morgan fingerprint density at radius 3 is 2.24 bits per heavy atom. The number of carbonyl (C=O) groups excluding carboxylic acids is 2. The van der Waals surface area contributed by atoms with Crippen LogP contribution in [0.15, 0.2) is 78.9 Å². The van der Waals surface area contributed by atoms with Crippen LogP contribution in [0, 0.1) is 10.1 Å². The molecule has 0 spiro atoms. The summed E-state index contributed by atoms with van der Waals surface area (Å²) in [6.45, 7) is 3.30. The summed E-state index contributed by atoms with van der Waals surface area (Å²) in [4.78, 5) is 40.6. The molecule has 0 aromatic heterocycles. The smallest absolute Gasteiger partial charge is 0.292 e. The van der Waals surface area contributed by atoms with E-state index >= 15 is 0 Å². The first kappa shape index (κ1) is 23.1. The Morgan fingerprint density at radius 2 is 1.50 bits per heavy atom. The number of piperazine rings is 1. The number of amides is 1. The van der Waals surface area contributed by atoms with Crippen molar-refractivity contribution in [3.8, 4) is 0 Å². The van der Waals surface area contributed by atoms with Gasteiger partial charge >= 0.3 is 0 Å². The van der Waals surface area contributed by atoms with Crippen LogP contribution in [-0.4, -0.2) is 54.2 Å². The molecule has 1 aliphatic rings. The highest BCUT2D eigenvalue weighted by Crippen LogP contribution is 2.28. The van der Waals surface area contributed by atoms with E-state index in [4.69, 9.17) is 0 Å². The van der Waals surface area contributed by atoms with Crippen molar-refractivity contribution >= 4 is 28.8 Å². The van der Waals surface area contributed by atoms with Crippen molar-refractivity contribution in [2.45, 2.75) is 6.42 Å². The van der Waals surface area contributed by atoms with Gasteiger partial charge in [0.15, 0.2) is 5.78 Å². The average molecular weight is 459 g/mol. The maximum atomic E-state index is 12.9. The Morgan fingerprint density at radius 1 is 0.853 bits per heavy atom. The predicted molar refractivity (Wildman–Crippen MR) is 131 cm³/mol. The molecule has 1 aliphatic heterocycles. The first-order valence-electron chi connectivity index (χ1n) is 11.2. The number of para-hydroxylation sites is 3. The normalized spacial score (nSPS) is 13.9. The van der Waals surface area contributed by atoms with Crippen molar-refractivity contribution in [3.05, 3.63) is 100 Å². The summed E-state index contributed by atoms with van der Waals surface area (Å²) < 4.78 is 0. The van der Waals surface area contributed by atoms with Gasteiger partial charge in [-0.1, -0.05) is 54.6 Å². The van der Waals surface area contributed by atoms with Crippen LogP contribution in [0.25, 0.3) is 0 Å². The lowest BCUT2D eigenvalue weighted by Gasteiger charge is -2.35. The zero-order valence-corrected chi connectivity index (χ0v) is 18.7. The topological polar surface area (TPSA) is 95.8 Å². The van der Waals surface area contributed by atoms with E-state index in [9.17, 15) is 19.7 Å². The molecule has 1 saturated heterocycles. The zero-order chi connectivity index (χ0) is 23.9. The molecule has 0 aliphatic carbocycles. The van der Waals surface area contributed by atoms with Gasteiger partial charge in [0.05, 0.1) is 10.6 Å². The number of carbonyl (C=O) groups is 2. The van der Waals surface area contributed by atoms with Crippen LogP contribution < -0.4 is 10.2 Å². The summed E-state index contributed by atoms with van der Waals surface area (Å²) in [6.07, 6.45) is 0.291. The summed E-state index contributed by atoms with van der Waals surface area (Å²) in [5, 5.41) is 14.2. The van der Waals surface area contributed by atoms with Crippen molar-refractivity contribution in [1.82, 2.24) is 4.90 Å². The third-order valence-corrected chi connectivity index (χ3v) is 5.93. The van der Waals surface area contributed by atoms with Crippen LogP contribution in [0.3, 0.4) is 0 Å². The minimum atomic E-state index is -0.355. The van der Waals surface area contributed by atoms with Gasteiger partial charge in [-0.15, -0.1) is 0 Å². The number of anilines is 2. The fourth-order valence-corrected chi connectivity index (χ4v) is 4.11. The lowest BCUT2D eigenvalue weighted by molar-refractivity contribution is -0.384. The van der Waals surface area contributed by atoms with Gasteiger partial charge in [0, 0.05) is 56.3 Å². The molecular weight excluding hydrogens is 432 g/mol. The zero-order valence-electron chi connectivity index (χ0n) is 18.7. The molecule has 8 heteroatoms. The number of rotatable bonds is 8. The number of nitro benzene ring substituents is 1. The van der Waals surface area contributed by atoms with Crippen LogP contribution in [0.2, 0.25) is 0 Å². The van der Waals surface area contributed by atoms with Crippen molar-refractivity contribution in [1.29, 1.82) is 0 Å². The molecule has 0 bridgehead atoms. The fraction of sp³-hybridized carbons (Fsp3) is 0.231. The second-order valence-electron chi connectivity index (χ2n) is 8.11. The number of nitrogens with zero attached hydrogens (tertiary/aromatic N) is 3. The Bertz CT molecular complexity index is 1170. The molecule has 0 atom stereocenters. The van der Waals surface area contributed by atoms with E-state index in [-0.39, 0.29) is 22.3 Å². The first-order valence-corrected chi connectivity index (χ1v) is 11.2. The predicted octanol–water partition coefficient (Wildman–Crippen LogP) is 3.98. The number of hydrogen-bond acceptors (Lipinski definition) is 6. The summed E-state index contributed by atoms with van der Waals surface area (Å²) in [6, 6.07) is 22.8. The minimum Gasteiger partial charge on any atom is -0.363 e. The highest BCUT2D eigenvalue weighted by Gasteiger charge is 2.23. The molecule has 3 aromatic rings. The molecule has 8 nitrogen and oxygen atoms in total. The summed E-state index contributed by atoms with van der Waals surface area (Å²) in [5.41, 5.74) is 2.27. The van der Waals surface area contributed by atoms with E-state index in [1.54, 1.807) is 54.6 Å². The maximum Gasteiger partial charge on any atom is 0.292 e. The number of ketones is 1. The Hall–Kier alpha value is -4.04. The first-order chi connectivity index (χ1) is 16.5. The van der Waals surface area contributed by atoms with E-state index in [1.165, 1.54) is 6.07 Å². The molecule has 1 N–H and O–H groups in total. The largest absolute Gasteiger partial charge is 0.363 e. The van der Waals surface area contributed by atoms with Gasteiger partial charge in [0.25, 0.3) is 5.69 Å². The lowest BCUT2D eigenvalue weighted by Crippen LogP contribution is -2.47. The van der Waals surface area contributed by atoms with Gasteiger partial charge in [-0.3, -0.25) is 24.6 Å². The number of nitro groups is 1. The minimum absolute atomic E-state index is 0.110. The maximum absolute atomic E-state index is 12.9. The van der Waals surface area contributed by atoms with Crippen LogP contribution in [0.1, 0.15) is 22.3 Å². The highest BCUT2D eigenvalue weighted by molar-refractivity contribution is 6.13.